The summed E-state index contributed by atoms with van der Waals surface area (Å²) in [5.74, 6) is -2.17. The van der Waals surface area contributed by atoms with Crippen LogP contribution >= 0.6 is 0 Å². The minimum absolute atomic E-state index is 0.0188. The van der Waals surface area contributed by atoms with Gasteiger partial charge in [-0.3, -0.25) is 24.1 Å². The van der Waals surface area contributed by atoms with Crippen molar-refractivity contribution in [1.82, 2.24) is 20.4 Å². The molecule has 0 aromatic heterocycles. The van der Waals surface area contributed by atoms with E-state index in [-0.39, 0.29) is 38.1 Å². The zero-order chi connectivity index (χ0) is 33.0. The fraction of sp³-hybridized carbons (Fsp3) is 0.500. The van der Waals surface area contributed by atoms with Crippen LogP contribution < -0.4 is 10.6 Å². The van der Waals surface area contributed by atoms with Gasteiger partial charge in [-0.25, -0.2) is 4.79 Å². The lowest BCUT2D eigenvalue weighted by Gasteiger charge is -2.43. The molecule has 5 amide bonds. The van der Waals surface area contributed by atoms with Gasteiger partial charge in [-0.15, -0.1) is 0 Å². The van der Waals surface area contributed by atoms with E-state index in [4.69, 9.17) is 9.47 Å². The van der Waals surface area contributed by atoms with Crippen LogP contribution in [0, 0.1) is 11.3 Å². The van der Waals surface area contributed by atoms with Gasteiger partial charge >= 0.3 is 6.09 Å². The maximum atomic E-state index is 14.2. The van der Waals surface area contributed by atoms with E-state index >= 15 is 0 Å². The predicted octanol–water partition coefficient (Wildman–Crippen LogP) is 3.07. The number of nitrogens with zero attached hydrogens (tertiary/aromatic N) is 2. The van der Waals surface area contributed by atoms with Crippen LogP contribution in [0.15, 0.2) is 60.7 Å². The van der Waals surface area contributed by atoms with Crippen molar-refractivity contribution < 1.29 is 33.4 Å². The standard InChI is InChI=1S/C34H44N4O7/c1-32(2,3)45-31(43)36-33(4,5)29(41)35-26(21-44-20-24-15-11-8-12-16-24)28(40)38-18-17-25-27(39)37(6)30(42)34(25,22-38)19-23-13-9-7-10-14-23/h7-16,25-26H,17-22H2,1-6H3,(H,35,41)(H,36,43)/t25?,26-,34?/m1/s1. The summed E-state index contributed by atoms with van der Waals surface area (Å²) in [4.78, 5) is 69.7. The van der Waals surface area contributed by atoms with Crippen LogP contribution in [0.1, 0.15) is 52.2 Å². The molecule has 2 heterocycles. The zero-order valence-electron chi connectivity index (χ0n) is 26.9. The van der Waals surface area contributed by atoms with Gasteiger partial charge in [0.2, 0.25) is 23.6 Å². The van der Waals surface area contributed by atoms with Gasteiger partial charge in [0.25, 0.3) is 0 Å². The van der Waals surface area contributed by atoms with Crippen LogP contribution in [0.4, 0.5) is 4.79 Å². The number of hydrogen-bond acceptors (Lipinski definition) is 7. The van der Waals surface area contributed by atoms with Gasteiger partial charge in [-0.05, 0) is 58.6 Å². The molecule has 2 N–H and O–H groups in total. The fourth-order valence-corrected chi connectivity index (χ4v) is 5.96. The molecule has 0 bridgehead atoms. The maximum absolute atomic E-state index is 14.2. The Morgan fingerprint density at radius 3 is 2.16 bits per heavy atom. The summed E-state index contributed by atoms with van der Waals surface area (Å²) >= 11 is 0. The van der Waals surface area contributed by atoms with E-state index in [0.29, 0.717) is 12.8 Å². The van der Waals surface area contributed by atoms with Crippen LogP contribution in [0.3, 0.4) is 0 Å². The van der Waals surface area contributed by atoms with E-state index in [1.165, 1.54) is 25.8 Å². The molecule has 0 aliphatic carbocycles. The average Bonchev–Trinajstić information content (AvgIpc) is 3.16. The minimum Gasteiger partial charge on any atom is -0.444 e. The Labute approximate surface area is 264 Å². The number of rotatable bonds is 10. The highest BCUT2D eigenvalue weighted by Gasteiger charge is 2.60. The summed E-state index contributed by atoms with van der Waals surface area (Å²) in [6, 6.07) is 17.7. The Bertz CT molecular complexity index is 1410. The second kappa shape index (κ2) is 13.4. The quantitative estimate of drug-likeness (QED) is 0.390. The number of benzene rings is 2. The van der Waals surface area contributed by atoms with E-state index in [1.54, 1.807) is 25.7 Å². The Morgan fingerprint density at radius 2 is 1.56 bits per heavy atom. The molecule has 11 heteroatoms. The number of carbonyl (C=O) groups is 5. The van der Waals surface area contributed by atoms with Gasteiger partial charge < -0.3 is 25.0 Å². The molecule has 242 valence electrons. The summed E-state index contributed by atoms with van der Waals surface area (Å²) in [6.07, 6.45) is -0.166. The number of fused-ring (bicyclic) bond motifs is 1. The molecule has 0 saturated carbocycles. The highest BCUT2D eigenvalue weighted by molar-refractivity contribution is 6.08. The molecular weight excluding hydrogens is 576 g/mol. The van der Waals surface area contributed by atoms with Gasteiger partial charge in [-0.1, -0.05) is 60.7 Å². The molecule has 2 aliphatic heterocycles. The van der Waals surface area contributed by atoms with Gasteiger partial charge in [0.05, 0.1) is 24.5 Å². The highest BCUT2D eigenvalue weighted by atomic mass is 16.6. The van der Waals surface area contributed by atoms with E-state index in [0.717, 1.165) is 11.1 Å². The summed E-state index contributed by atoms with van der Waals surface area (Å²) in [6.45, 7) is 8.47. The molecule has 2 fully saturated rings. The van der Waals surface area contributed by atoms with Crippen molar-refractivity contribution in [2.75, 3.05) is 26.7 Å². The number of likely N-dealkylation sites (tertiary alicyclic amines) is 2. The average molecular weight is 621 g/mol. The molecule has 3 atom stereocenters. The van der Waals surface area contributed by atoms with Crippen LogP contribution in [0.5, 0.6) is 0 Å². The fourth-order valence-electron chi connectivity index (χ4n) is 5.96. The second-order valence-electron chi connectivity index (χ2n) is 13.4. The first-order valence-electron chi connectivity index (χ1n) is 15.2. The number of piperidine rings is 1. The van der Waals surface area contributed by atoms with Crippen molar-refractivity contribution >= 4 is 29.7 Å². The van der Waals surface area contributed by atoms with Crippen molar-refractivity contribution in [2.45, 2.75) is 71.2 Å². The van der Waals surface area contributed by atoms with Gasteiger partial charge in [-0.2, -0.15) is 0 Å². The van der Waals surface area contributed by atoms with E-state index in [2.05, 4.69) is 10.6 Å². The third kappa shape index (κ3) is 7.89. The molecule has 2 saturated heterocycles. The highest BCUT2D eigenvalue weighted by Crippen LogP contribution is 2.46. The van der Waals surface area contributed by atoms with Gasteiger partial charge in [0.1, 0.15) is 17.2 Å². The van der Waals surface area contributed by atoms with Crippen molar-refractivity contribution in [3.05, 3.63) is 71.8 Å². The molecule has 0 spiro atoms. The van der Waals surface area contributed by atoms with Crippen molar-refractivity contribution in [1.29, 1.82) is 0 Å². The minimum atomic E-state index is -1.43. The number of hydrogen-bond donors (Lipinski definition) is 2. The Hall–Kier alpha value is -4.25. The molecule has 11 nitrogen and oxygen atoms in total. The van der Waals surface area contributed by atoms with Crippen LogP contribution in [0.2, 0.25) is 0 Å². The monoisotopic (exact) mass is 620 g/mol. The normalized spacial score (nSPS) is 20.8. The Morgan fingerprint density at radius 1 is 0.956 bits per heavy atom. The Balaban J connectivity index is 1.56. The molecule has 2 aromatic carbocycles. The molecule has 4 rings (SSSR count). The number of imide groups is 1. The van der Waals surface area contributed by atoms with E-state index in [9.17, 15) is 24.0 Å². The van der Waals surface area contributed by atoms with Crippen LogP contribution in [-0.4, -0.2) is 83.4 Å². The molecule has 2 aromatic rings. The van der Waals surface area contributed by atoms with Crippen molar-refractivity contribution in [2.24, 2.45) is 11.3 Å². The maximum Gasteiger partial charge on any atom is 0.408 e. The molecule has 0 radical (unpaired) electrons. The summed E-state index contributed by atoms with van der Waals surface area (Å²) in [7, 11) is 1.49. The van der Waals surface area contributed by atoms with Crippen LogP contribution in [-0.2, 0) is 41.7 Å². The van der Waals surface area contributed by atoms with Gasteiger partial charge in [0.15, 0.2) is 0 Å². The lowest BCUT2D eigenvalue weighted by atomic mass is 9.68. The summed E-state index contributed by atoms with van der Waals surface area (Å²) < 4.78 is 11.2. The van der Waals surface area contributed by atoms with Gasteiger partial charge in [0, 0.05) is 20.1 Å². The topological polar surface area (TPSA) is 134 Å². The van der Waals surface area contributed by atoms with Crippen LogP contribution in [0.25, 0.3) is 0 Å². The van der Waals surface area contributed by atoms with Crippen molar-refractivity contribution in [3.8, 4) is 0 Å². The molecular formula is C34H44N4O7. The molecule has 2 unspecified atom stereocenters. The largest absolute Gasteiger partial charge is 0.444 e. The number of alkyl carbamates (subject to hydrolysis) is 1. The first kappa shape index (κ1) is 33.6. The molecule has 45 heavy (non-hydrogen) atoms. The first-order valence-corrected chi connectivity index (χ1v) is 15.2. The van der Waals surface area contributed by atoms with E-state index < -0.39 is 46.4 Å². The summed E-state index contributed by atoms with van der Waals surface area (Å²) in [5, 5.41) is 5.34. The van der Waals surface area contributed by atoms with E-state index in [1.807, 2.05) is 60.7 Å². The predicted molar refractivity (Wildman–Crippen MR) is 167 cm³/mol. The number of carbonyl (C=O) groups excluding carboxylic acids is 5. The van der Waals surface area contributed by atoms with Crippen molar-refractivity contribution in [3.63, 3.8) is 0 Å². The summed E-state index contributed by atoms with van der Waals surface area (Å²) in [5.41, 5.74) is -1.55. The first-order chi connectivity index (χ1) is 21.1. The Kier molecular flexibility index (Phi) is 10.0. The number of ether oxygens (including phenoxy) is 2. The third-order valence-corrected chi connectivity index (χ3v) is 8.24. The molecule has 2 aliphatic rings. The third-order valence-electron chi connectivity index (χ3n) is 8.24. The zero-order valence-corrected chi connectivity index (χ0v) is 26.9. The number of amides is 5. The lowest BCUT2D eigenvalue weighted by Crippen LogP contribution is -2.62. The second-order valence-corrected chi connectivity index (χ2v) is 13.4. The smallest absolute Gasteiger partial charge is 0.408 e. The lowest BCUT2D eigenvalue weighted by molar-refractivity contribution is -0.147. The number of nitrogens with one attached hydrogen (secondary N) is 2. The SMILES string of the molecule is CN1C(=O)C2CCN(C(=O)[C@@H](COCc3ccccc3)NC(=O)C(C)(C)NC(=O)OC(C)(C)C)CC2(Cc2ccccc2)C1=O.